The molecule has 0 saturated heterocycles. The number of nitrogens with zero attached hydrogens (tertiary/aromatic N) is 2. The van der Waals surface area contributed by atoms with Crippen molar-refractivity contribution in [1.82, 2.24) is 15.1 Å². The van der Waals surface area contributed by atoms with Crippen LogP contribution in [-0.2, 0) is 0 Å². The highest BCUT2D eigenvalue weighted by atomic mass is 16.5. The van der Waals surface area contributed by atoms with E-state index < -0.39 is 0 Å². The minimum Gasteiger partial charge on any atom is -0.359 e. The highest BCUT2D eigenvalue weighted by Gasteiger charge is 2.26. The summed E-state index contributed by atoms with van der Waals surface area (Å²) in [7, 11) is 0. The molecule has 2 aromatic heterocycles. The van der Waals surface area contributed by atoms with Gasteiger partial charge in [-0.3, -0.25) is 0 Å². The number of hydrogen-bond donors (Lipinski definition) is 2. The molecule has 1 aliphatic carbocycles. The Hall–Kier alpha value is -1.62. The average Bonchev–Trinajstić information content (AvgIpc) is 3.09. The molecular weight excluding hydrogens is 228 g/mol. The molecule has 5 heteroatoms. The Morgan fingerprint density at radius 2 is 2.17 bits per heavy atom. The Morgan fingerprint density at radius 3 is 2.89 bits per heavy atom. The Kier molecular flexibility index (Phi) is 3.15. The number of hydrogen-bond acceptors (Lipinski definition) is 4. The van der Waals surface area contributed by atoms with E-state index in [0.717, 1.165) is 5.69 Å². The van der Waals surface area contributed by atoms with Crippen molar-refractivity contribution in [1.29, 1.82) is 0 Å². The van der Waals surface area contributed by atoms with E-state index >= 15 is 0 Å². The summed E-state index contributed by atoms with van der Waals surface area (Å²) in [5.41, 5.74) is 7.09. The molecule has 0 radical (unpaired) electrons. The first kappa shape index (κ1) is 11.5. The van der Waals surface area contributed by atoms with Crippen molar-refractivity contribution >= 4 is 0 Å². The topological polar surface area (TPSA) is 80.7 Å². The summed E-state index contributed by atoms with van der Waals surface area (Å²) in [6, 6.07) is 3.70. The molecule has 96 valence electrons. The molecule has 0 aliphatic heterocycles. The van der Waals surface area contributed by atoms with E-state index in [1.54, 1.807) is 0 Å². The van der Waals surface area contributed by atoms with E-state index in [4.69, 9.17) is 10.3 Å². The van der Waals surface area contributed by atoms with Gasteiger partial charge in [-0.25, -0.2) is 0 Å². The maximum Gasteiger partial charge on any atom is 0.244 e. The summed E-state index contributed by atoms with van der Waals surface area (Å²) >= 11 is 0. The van der Waals surface area contributed by atoms with E-state index in [-0.39, 0.29) is 6.04 Å². The zero-order chi connectivity index (χ0) is 12.4. The zero-order valence-electron chi connectivity index (χ0n) is 10.3. The molecule has 2 aromatic rings. The maximum atomic E-state index is 6.23. The van der Waals surface area contributed by atoms with E-state index in [1.807, 2.05) is 18.3 Å². The van der Waals surface area contributed by atoms with Gasteiger partial charge < -0.3 is 15.2 Å². The van der Waals surface area contributed by atoms with Gasteiger partial charge in [-0.15, -0.1) is 0 Å². The second kappa shape index (κ2) is 4.94. The van der Waals surface area contributed by atoms with Crippen LogP contribution in [0.4, 0.5) is 0 Å². The molecule has 0 bridgehead atoms. The number of rotatable bonds is 3. The van der Waals surface area contributed by atoms with Crippen LogP contribution in [-0.4, -0.2) is 15.1 Å². The summed E-state index contributed by atoms with van der Waals surface area (Å²) in [6.07, 6.45) is 8.02. The summed E-state index contributed by atoms with van der Waals surface area (Å²) in [5, 5.41) is 3.98. The number of nitrogens with two attached hydrogens (primary N) is 1. The van der Waals surface area contributed by atoms with Crippen molar-refractivity contribution in [3.8, 4) is 11.5 Å². The third-order valence-electron chi connectivity index (χ3n) is 3.72. The van der Waals surface area contributed by atoms with Gasteiger partial charge in [0.1, 0.15) is 0 Å². The van der Waals surface area contributed by atoms with Gasteiger partial charge in [0.05, 0.1) is 11.7 Å². The van der Waals surface area contributed by atoms with Crippen molar-refractivity contribution < 1.29 is 4.52 Å². The quantitative estimate of drug-likeness (QED) is 0.872. The lowest BCUT2D eigenvalue weighted by atomic mass is 9.84. The highest BCUT2D eigenvalue weighted by molar-refractivity contribution is 5.47. The number of aromatic nitrogens is 3. The first-order valence-corrected chi connectivity index (χ1v) is 6.57. The Morgan fingerprint density at radius 1 is 1.33 bits per heavy atom. The molecule has 1 aliphatic rings. The zero-order valence-corrected chi connectivity index (χ0v) is 10.3. The molecule has 0 aromatic carbocycles. The Labute approximate surface area is 106 Å². The Bertz CT molecular complexity index is 485. The normalized spacial score (nSPS) is 18.9. The lowest BCUT2D eigenvalue weighted by Crippen LogP contribution is -2.23. The van der Waals surface area contributed by atoms with Gasteiger partial charge in [-0.05, 0) is 30.9 Å². The number of aromatic amines is 1. The summed E-state index contributed by atoms with van der Waals surface area (Å²) in [6.45, 7) is 0. The van der Waals surface area contributed by atoms with Crippen LogP contribution in [0.25, 0.3) is 11.5 Å². The van der Waals surface area contributed by atoms with E-state index in [0.29, 0.717) is 17.6 Å². The summed E-state index contributed by atoms with van der Waals surface area (Å²) in [4.78, 5) is 7.45. The minimum absolute atomic E-state index is 0.124. The molecule has 1 unspecified atom stereocenters. The number of H-pyrrole nitrogens is 1. The molecular formula is C13H18N4O. The van der Waals surface area contributed by atoms with Gasteiger partial charge in [0, 0.05) is 6.20 Å². The van der Waals surface area contributed by atoms with Crippen molar-refractivity contribution in [2.24, 2.45) is 11.7 Å². The molecule has 3 N–H and O–H groups in total. The predicted octanol–water partition coefficient (Wildman–Crippen LogP) is 2.64. The largest absolute Gasteiger partial charge is 0.359 e. The summed E-state index contributed by atoms with van der Waals surface area (Å²) < 4.78 is 5.30. The van der Waals surface area contributed by atoms with Crippen molar-refractivity contribution in [3.05, 3.63) is 24.2 Å². The first-order chi connectivity index (χ1) is 8.84. The van der Waals surface area contributed by atoms with Gasteiger partial charge in [-0.2, -0.15) is 4.98 Å². The Balaban J connectivity index is 1.76. The predicted molar refractivity (Wildman–Crippen MR) is 67.6 cm³/mol. The average molecular weight is 246 g/mol. The molecule has 5 nitrogen and oxygen atoms in total. The fourth-order valence-electron chi connectivity index (χ4n) is 2.64. The van der Waals surface area contributed by atoms with Crippen LogP contribution in [0.5, 0.6) is 0 Å². The van der Waals surface area contributed by atoms with Crippen LogP contribution < -0.4 is 5.73 Å². The fourth-order valence-corrected chi connectivity index (χ4v) is 2.64. The lowest BCUT2D eigenvalue weighted by molar-refractivity contribution is 0.255. The van der Waals surface area contributed by atoms with Crippen molar-refractivity contribution in [2.75, 3.05) is 0 Å². The minimum atomic E-state index is -0.124. The molecule has 3 rings (SSSR count). The summed E-state index contributed by atoms with van der Waals surface area (Å²) in [5.74, 6) is 1.63. The van der Waals surface area contributed by atoms with Crippen LogP contribution in [0, 0.1) is 5.92 Å². The molecule has 1 fully saturated rings. The van der Waals surface area contributed by atoms with Crippen molar-refractivity contribution in [3.63, 3.8) is 0 Å². The third kappa shape index (κ3) is 2.18. The maximum absolute atomic E-state index is 6.23. The molecule has 0 spiro atoms. The SMILES string of the molecule is NC(c1nc(-c2ccc[nH]2)no1)C1CCCCC1. The van der Waals surface area contributed by atoms with Crippen LogP contribution in [0.3, 0.4) is 0 Å². The van der Waals surface area contributed by atoms with Gasteiger partial charge in [0.15, 0.2) is 0 Å². The van der Waals surface area contributed by atoms with Crippen LogP contribution in [0.15, 0.2) is 22.9 Å². The van der Waals surface area contributed by atoms with E-state index in [9.17, 15) is 0 Å². The van der Waals surface area contributed by atoms with Gasteiger partial charge in [-0.1, -0.05) is 24.4 Å². The van der Waals surface area contributed by atoms with Crippen LogP contribution in [0.2, 0.25) is 0 Å². The van der Waals surface area contributed by atoms with Crippen LogP contribution >= 0.6 is 0 Å². The second-order valence-corrected chi connectivity index (χ2v) is 4.96. The number of nitrogens with one attached hydrogen (secondary N) is 1. The molecule has 1 atom stereocenters. The van der Waals surface area contributed by atoms with Crippen LogP contribution in [0.1, 0.15) is 44.0 Å². The smallest absolute Gasteiger partial charge is 0.244 e. The first-order valence-electron chi connectivity index (χ1n) is 6.57. The monoisotopic (exact) mass is 246 g/mol. The molecule has 18 heavy (non-hydrogen) atoms. The second-order valence-electron chi connectivity index (χ2n) is 4.96. The lowest BCUT2D eigenvalue weighted by Gasteiger charge is -2.24. The standard InChI is InChI=1S/C13H18N4O/c14-11(9-5-2-1-3-6-9)13-16-12(17-18-13)10-7-4-8-15-10/h4,7-9,11,15H,1-3,5-6,14H2. The fraction of sp³-hybridized carbons (Fsp3) is 0.538. The highest BCUT2D eigenvalue weighted by Crippen LogP contribution is 2.32. The molecule has 1 saturated carbocycles. The van der Waals surface area contributed by atoms with Crippen molar-refractivity contribution in [2.45, 2.75) is 38.1 Å². The third-order valence-corrected chi connectivity index (χ3v) is 3.72. The molecule has 0 amide bonds. The van der Waals surface area contributed by atoms with E-state index in [2.05, 4.69) is 15.1 Å². The molecule has 2 heterocycles. The van der Waals surface area contributed by atoms with Gasteiger partial charge in [0.25, 0.3) is 0 Å². The van der Waals surface area contributed by atoms with Gasteiger partial charge in [0.2, 0.25) is 11.7 Å². The van der Waals surface area contributed by atoms with Gasteiger partial charge >= 0.3 is 0 Å². The van der Waals surface area contributed by atoms with E-state index in [1.165, 1.54) is 32.1 Å².